The summed E-state index contributed by atoms with van der Waals surface area (Å²) in [7, 11) is 0. The average molecular weight is 350 g/mol. The van der Waals surface area contributed by atoms with E-state index in [-0.39, 0.29) is 17.0 Å². The van der Waals surface area contributed by atoms with Gasteiger partial charge in [-0.1, -0.05) is 38.1 Å². The third-order valence-corrected chi connectivity index (χ3v) is 5.19. The molecule has 0 saturated carbocycles. The lowest BCUT2D eigenvalue weighted by Gasteiger charge is -2.34. The average Bonchev–Trinajstić information content (AvgIpc) is 2.70. The molecule has 1 aliphatic heterocycles. The molecular weight excluding hydrogens is 327 g/mol. The molecule has 1 heterocycles. The van der Waals surface area contributed by atoms with Crippen LogP contribution in [-0.2, 0) is 4.79 Å². The summed E-state index contributed by atoms with van der Waals surface area (Å²) < 4.78 is 14.6. The fraction of sp³-hybridized carbons (Fsp3) is 0.318. The van der Waals surface area contributed by atoms with Gasteiger partial charge in [0.2, 0.25) is 0 Å². The van der Waals surface area contributed by atoms with Crippen molar-refractivity contribution >= 4 is 17.2 Å². The number of carbonyl (C=O) groups is 1. The summed E-state index contributed by atoms with van der Waals surface area (Å²) in [4.78, 5) is 13.0. The van der Waals surface area contributed by atoms with Crippen molar-refractivity contribution in [3.8, 4) is 0 Å². The molecule has 2 aromatic carbocycles. The van der Waals surface area contributed by atoms with Crippen LogP contribution in [0.2, 0.25) is 0 Å². The van der Waals surface area contributed by atoms with Gasteiger partial charge in [-0.15, -0.1) is 0 Å². The standard InChI is InChI=1S/C22H23FN2O/c1-13-8-9-16-17(10-13)25-21(14-6-4-5-7-15(14)23)20-18(24-16)11-22(2,3)12-19(20)26/h4-10,21,24-25H,11-12H2,1-3H3. The largest absolute Gasteiger partial charge is 0.372 e. The van der Waals surface area contributed by atoms with Crippen LogP contribution in [0.1, 0.15) is 43.9 Å². The molecule has 1 unspecified atom stereocenters. The van der Waals surface area contributed by atoms with Crippen molar-refractivity contribution in [3.63, 3.8) is 0 Å². The van der Waals surface area contributed by atoms with E-state index in [2.05, 4.69) is 24.5 Å². The van der Waals surface area contributed by atoms with Gasteiger partial charge in [0.15, 0.2) is 5.78 Å². The number of allylic oxidation sites excluding steroid dienone is 1. The van der Waals surface area contributed by atoms with Crippen LogP contribution in [0.3, 0.4) is 0 Å². The Morgan fingerprint density at radius 3 is 2.62 bits per heavy atom. The Morgan fingerprint density at radius 2 is 1.85 bits per heavy atom. The lowest BCUT2D eigenvalue weighted by molar-refractivity contribution is -0.118. The lowest BCUT2D eigenvalue weighted by Crippen LogP contribution is -2.31. The van der Waals surface area contributed by atoms with Crippen LogP contribution in [-0.4, -0.2) is 5.78 Å². The maximum atomic E-state index is 14.6. The fourth-order valence-electron chi connectivity index (χ4n) is 4.00. The Labute approximate surface area is 153 Å². The van der Waals surface area contributed by atoms with E-state index in [0.29, 0.717) is 17.6 Å². The SMILES string of the molecule is Cc1ccc2c(c1)NC(c1ccccc1F)C1=C(CC(C)(C)CC1=O)N2. The minimum Gasteiger partial charge on any atom is -0.372 e. The minimum atomic E-state index is -0.495. The van der Waals surface area contributed by atoms with E-state index < -0.39 is 6.04 Å². The number of hydrogen-bond acceptors (Lipinski definition) is 3. The Bertz CT molecular complexity index is 929. The highest BCUT2D eigenvalue weighted by Crippen LogP contribution is 2.45. The molecule has 0 spiro atoms. The first-order chi connectivity index (χ1) is 12.3. The molecular formula is C22H23FN2O. The second-order valence-electron chi connectivity index (χ2n) is 8.11. The highest BCUT2D eigenvalue weighted by molar-refractivity contribution is 6.01. The van der Waals surface area contributed by atoms with Crippen LogP contribution in [0.5, 0.6) is 0 Å². The van der Waals surface area contributed by atoms with Crippen LogP contribution >= 0.6 is 0 Å². The number of fused-ring (bicyclic) bond motifs is 1. The van der Waals surface area contributed by atoms with Gasteiger partial charge in [-0.2, -0.15) is 0 Å². The van der Waals surface area contributed by atoms with Crippen molar-refractivity contribution < 1.29 is 9.18 Å². The third kappa shape index (κ3) is 2.90. The Hall–Kier alpha value is -2.62. The number of hydrogen-bond donors (Lipinski definition) is 2. The molecule has 0 radical (unpaired) electrons. The maximum Gasteiger partial charge on any atom is 0.163 e. The first-order valence-corrected chi connectivity index (χ1v) is 8.99. The van der Waals surface area contributed by atoms with Gasteiger partial charge in [0, 0.05) is 23.3 Å². The van der Waals surface area contributed by atoms with Crippen molar-refractivity contribution in [1.82, 2.24) is 0 Å². The van der Waals surface area contributed by atoms with Gasteiger partial charge < -0.3 is 10.6 Å². The number of nitrogens with one attached hydrogen (secondary N) is 2. The van der Waals surface area contributed by atoms with Gasteiger partial charge in [-0.3, -0.25) is 4.79 Å². The van der Waals surface area contributed by atoms with E-state index in [1.54, 1.807) is 12.1 Å². The molecule has 1 aliphatic carbocycles. The van der Waals surface area contributed by atoms with Gasteiger partial charge in [-0.05, 0) is 42.5 Å². The zero-order chi connectivity index (χ0) is 18.5. The van der Waals surface area contributed by atoms with Crippen molar-refractivity contribution in [3.05, 3.63) is 70.7 Å². The smallest absolute Gasteiger partial charge is 0.163 e. The zero-order valence-electron chi connectivity index (χ0n) is 15.3. The van der Waals surface area contributed by atoms with E-state index in [4.69, 9.17) is 0 Å². The number of anilines is 2. The van der Waals surface area contributed by atoms with Crippen molar-refractivity contribution in [2.45, 2.75) is 39.7 Å². The third-order valence-electron chi connectivity index (χ3n) is 5.19. The molecule has 26 heavy (non-hydrogen) atoms. The van der Waals surface area contributed by atoms with Crippen LogP contribution in [0.15, 0.2) is 53.7 Å². The summed E-state index contributed by atoms with van der Waals surface area (Å²) in [5, 5.41) is 6.90. The summed E-state index contributed by atoms with van der Waals surface area (Å²) in [6.45, 7) is 6.22. The van der Waals surface area contributed by atoms with E-state index in [1.807, 2.05) is 31.2 Å². The van der Waals surface area contributed by atoms with Crippen LogP contribution < -0.4 is 10.6 Å². The summed E-state index contributed by atoms with van der Waals surface area (Å²) >= 11 is 0. The molecule has 1 atom stereocenters. The summed E-state index contributed by atoms with van der Waals surface area (Å²) in [6, 6.07) is 12.3. The number of benzene rings is 2. The van der Waals surface area contributed by atoms with Gasteiger partial charge in [-0.25, -0.2) is 4.39 Å². The number of rotatable bonds is 1. The monoisotopic (exact) mass is 350 g/mol. The van der Waals surface area contributed by atoms with Gasteiger partial charge in [0.25, 0.3) is 0 Å². The topological polar surface area (TPSA) is 41.1 Å². The Balaban J connectivity index is 1.92. The van der Waals surface area contributed by atoms with Gasteiger partial charge in [0.1, 0.15) is 5.82 Å². The molecule has 0 bridgehead atoms. The molecule has 2 aliphatic rings. The van der Waals surface area contributed by atoms with E-state index in [9.17, 15) is 9.18 Å². The predicted octanol–water partition coefficient (Wildman–Crippen LogP) is 5.36. The summed E-state index contributed by atoms with van der Waals surface area (Å²) in [6.07, 6.45) is 1.23. The summed E-state index contributed by atoms with van der Waals surface area (Å²) in [5.41, 5.74) is 4.86. The molecule has 0 aromatic heterocycles. The minimum absolute atomic E-state index is 0.0778. The molecule has 3 nitrogen and oxygen atoms in total. The quantitative estimate of drug-likeness (QED) is 0.728. The molecule has 0 amide bonds. The molecule has 0 saturated heterocycles. The predicted molar refractivity (Wildman–Crippen MR) is 103 cm³/mol. The molecule has 134 valence electrons. The molecule has 2 N–H and O–H groups in total. The Kier molecular flexibility index (Phi) is 3.87. The maximum absolute atomic E-state index is 14.6. The highest BCUT2D eigenvalue weighted by atomic mass is 19.1. The second kappa shape index (κ2) is 5.97. The van der Waals surface area contributed by atoms with E-state index in [0.717, 1.165) is 29.1 Å². The van der Waals surface area contributed by atoms with E-state index in [1.165, 1.54) is 6.07 Å². The normalized spacial score (nSPS) is 21.2. The van der Waals surface area contributed by atoms with Crippen molar-refractivity contribution in [2.75, 3.05) is 10.6 Å². The zero-order valence-corrected chi connectivity index (χ0v) is 15.3. The van der Waals surface area contributed by atoms with Crippen LogP contribution in [0.4, 0.5) is 15.8 Å². The molecule has 2 aromatic rings. The van der Waals surface area contributed by atoms with Crippen molar-refractivity contribution in [2.24, 2.45) is 5.41 Å². The van der Waals surface area contributed by atoms with Gasteiger partial charge >= 0.3 is 0 Å². The Morgan fingerprint density at radius 1 is 1.08 bits per heavy atom. The molecule has 0 fully saturated rings. The number of Topliss-reactive ketones (excluding diaryl/α,β-unsaturated/α-hetero) is 1. The highest BCUT2D eigenvalue weighted by Gasteiger charge is 2.39. The molecule has 4 rings (SSSR count). The first-order valence-electron chi connectivity index (χ1n) is 8.99. The number of carbonyl (C=O) groups excluding carboxylic acids is 1. The fourth-order valence-corrected chi connectivity index (χ4v) is 4.00. The van der Waals surface area contributed by atoms with Crippen molar-refractivity contribution in [1.29, 1.82) is 0 Å². The summed E-state index contributed by atoms with van der Waals surface area (Å²) in [5.74, 6) is -0.223. The van der Waals surface area contributed by atoms with E-state index >= 15 is 0 Å². The van der Waals surface area contributed by atoms with Crippen LogP contribution in [0.25, 0.3) is 0 Å². The lowest BCUT2D eigenvalue weighted by atomic mass is 9.73. The van der Waals surface area contributed by atoms with Gasteiger partial charge in [0.05, 0.1) is 17.4 Å². The second-order valence-corrected chi connectivity index (χ2v) is 8.11. The first kappa shape index (κ1) is 16.8. The van der Waals surface area contributed by atoms with Crippen LogP contribution in [0, 0.1) is 18.2 Å². The molecule has 4 heteroatoms. The number of halogens is 1. The number of ketones is 1. The number of aryl methyl sites for hydroxylation is 1.